The van der Waals surface area contributed by atoms with E-state index in [1.54, 1.807) is 10.6 Å². The number of aryl methyl sites for hydroxylation is 1. The number of nitrogens with zero attached hydrogens (tertiary/aromatic N) is 1. The summed E-state index contributed by atoms with van der Waals surface area (Å²) in [5.41, 5.74) is 1.34. The Bertz CT molecular complexity index is 915. The van der Waals surface area contributed by atoms with Crippen molar-refractivity contribution in [2.45, 2.75) is 32.2 Å². The molecule has 27 heavy (non-hydrogen) atoms. The number of aromatic nitrogens is 1. The lowest BCUT2D eigenvalue weighted by Crippen LogP contribution is -2.25. The van der Waals surface area contributed by atoms with Gasteiger partial charge in [-0.3, -0.25) is 9.36 Å². The first-order valence-corrected chi connectivity index (χ1v) is 9.27. The Morgan fingerprint density at radius 3 is 2.63 bits per heavy atom. The van der Waals surface area contributed by atoms with Gasteiger partial charge in [0.1, 0.15) is 5.75 Å². The number of para-hydroxylation sites is 3. The standard InChI is InChI=1S/C21H24N2O4/c24-20(22-14-6-7-16-26-17-9-2-1-3-10-17)13-8-15-23-18-11-4-5-12-19(18)27-21(23)25/h1-5,9-12H,6-8,13-16H2,(H,22,24). The molecule has 3 rings (SSSR count). The van der Waals surface area contributed by atoms with E-state index in [1.807, 2.05) is 48.5 Å². The van der Waals surface area contributed by atoms with Gasteiger partial charge in [0, 0.05) is 19.5 Å². The zero-order valence-electron chi connectivity index (χ0n) is 15.2. The summed E-state index contributed by atoms with van der Waals surface area (Å²) < 4.78 is 12.4. The summed E-state index contributed by atoms with van der Waals surface area (Å²) in [5.74, 6) is 0.485. The third kappa shape index (κ3) is 5.48. The third-order valence-corrected chi connectivity index (χ3v) is 4.26. The molecule has 0 aliphatic heterocycles. The number of benzene rings is 2. The Morgan fingerprint density at radius 1 is 1.00 bits per heavy atom. The fraction of sp³-hybridized carbons (Fsp3) is 0.333. The highest BCUT2D eigenvalue weighted by atomic mass is 16.5. The van der Waals surface area contributed by atoms with Crippen LogP contribution in [-0.4, -0.2) is 23.6 Å². The number of rotatable bonds is 10. The minimum Gasteiger partial charge on any atom is -0.494 e. The van der Waals surface area contributed by atoms with Crippen LogP contribution in [0.3, 0.4) is 0 Å². The number of ether oxygens (including phenoxy) is 1. The van der Waals surface area contributed by atoms with E-state index in [0.717, 1.165) is 24.1 Å². The lowest BCUT2D eigenvalue weighted by atomic mass is 10.2. The molecular formula is C21H24N2O4. The van der Waals surface area contributed by atoms with E-state index >= 15 is 0 Å². The Balaban J connectivity index is 1.30. The van der Waals surface area contributed by atoms with Gasteiger partial charge in [0.2, 0.25) is 5.91 Å². The van der Waals surface area contributed by atoms with Crippen molar-refractivity contribution in [3.63, 3.8) is 0 Å². The van der Waals surface area contributed by atoms with Gasteiger partial charge in [-0.15, -0.1) is 0 Å². The molecule has 6 heteroatoms. The number of unbranched alkanes of at least 4 members (excludes halogenated alkanes) is 1. The third-order valence-electron chi connectivity index (χ3n) is 4.26. The van der Waals surface area contributed by atoms with Gasteiger partial charge < -0.3 is 14.5 Å². The van der Waals surface area contributed by atoms with Gasteiger partial charge in [-0.05, 0) is 43.5 Å². The first-order chi connectivity index (χ1) is 13.2. The van der Waals surface area contributed by atoms with E-state index < -0.39 is 0 Å². The second kappa shape index (κ2) is 9.62. The first kappa shape index (κ1) is 18.8. The molecule has 0 unspecified atom stereocenters. The average Bonchev–Trinajstić information content (AvgIpc) is 3.01. The quantitative estimate of drug-likeness (QED) is 0.557. The van der Waals surface area contributed by atoms with Gasteiger partial charge in [0.25, 0.3) is 0 Å². The zero-order valence-corrected chi connectivity index (χ0v) is 15.2. The van der Waals surface area contributed by atoms with E-state index in [2.05, 4.69) is 5.32 Å². The number of carbonyl (C=O) groups is 1. The molecule has 0 saturated carbocycles. The van der Waals surface area contributed by atoms with Crippen LogP contribution in [0.25, 0.3) is 11.1 Å². The fourth-order valence-corrected chi connectivity index (χ4v) is 2.87. The van der Waals surface area contributed by atoms with Gasteiger partial charge in [0.15, 0.2) is 5.58 Å². The molecule has 0 fully saturated rings. The molecule has 3 aromatic rings. The minimum atomic E-state index is -0.380. The topological polar surface area (TPSA) is 73.5 Å². The molecule has 6 nitrogen and oxygen atoms in total. The van der Waals surface area contributed by atoms with Gasteiger partial charge in [-0.1, -0.05) is 30.3 Å². The van der Waals surface area contributed by atoms with Crippen molar-refractivity contribution < 1.29 is 13.9 Å². The second-order valence-corrected chi connectivity index (χ2v) is 6.31. The summed E-state index contributed by atoms with van der Waals surface area (Å²) in [6, 6.07) is 17.0. The largest absolute Gasteiger partial charge is 0.494 e. The Hall–Kier alpha value is -3.02. The summed E-state index contributed by atoms with van der Waals surface area (Å²) in [4.78, 5) is 23.8. The second-order valence-electron chi connectivity index (χ2n) is 6.31. The van der Waals surface area contributed by atoms with Crippen LogP contribution in [0.5, 0.6) is 5.75 Å². The zero-order chi connectivity index (χ0) is 18.9. The highest BCUT2D eigenvalue weighted by Crippen LogP contribution is 2.12. The monoisotopic (exact) mass is 368 g/mol. The predicted octanol–water partition coefficient (Wildman–Crippen LogP) is 3.35. The smallest absolute Gasteiger partial charge is 0.419 e. The summed E-state index contributed by atoms with van der Waals surface area (Å²) >= 11 is 0. The van der Waals surface area contributed by atoms with Crippen molar-refractivity contribution in [3.8, 4) is 5.75 Å². The van der Waals surface area contributed by atoms with Crippen molar-refractivity contribution in [2.24, 2.45) is 0 Å². The molecule has 0 radical (unpaired) electrons. The molecule has 2 aromatic carbocycles. The van der Waals surface area contributed by atoms with Crippen LogP contribution >= 0.6 is 0 Å². The number of fused-ring (bicyclic) bond motifs is 1. The highest BCUT2D eigenvalue weighted by molar-refractivity contribution is 5.76. The normalized spacial score (nSPS) is 10.8. The minimum absolute atomic E-state index is 0.000160. The van der Waals surface area contributed by atoms with E-state index in [4.69, 9.17) is 9.15 Å². The molecule has 0 aliphatic rings. The van der Waals surface area contributed by atoms with E-state index in [1.165, 1.54) is 0 Å². The number of nitrogens with one attached hydrogen (secondary N) is 1. The molecule has 1 amide bonds. The van der Waals surface area contributed by atoms with Crippen LogP contribution in [-0.2, 0) is 11.3 Å². The molecule has 1 heterocycles. The highest BCUT2D eigenvalue weighted by Gasteiger charge is 2.09. The molecule has 142 valence electrons. The van der Waals surface area contributed by atoms with E-state index in [9.17, 15) is 9.59 Å². The molecule has 0 spiro atoms. The summed E-state index contributed by atoms with van der Waals surface area (Å²) in [5, 5.41) is 2.91. The van der Waals surface area contributed by atoms with Gasteiger partial charge in [-0.25, -0.2) is 4.79 Å². The predicted molar refractivity (Wildman–Crippen MR) is 104 cm³/mol. The van der Waals surface area contributed by atoms with E-state index in [0.29, 0.717) is 38.1 Å². The Morgan fingerprint density at radius 2 is 1.78 bits per heavy atom. The fourth-order valence-electron chi connectivity index (χ4n) is 2.87. The maximum Gasteiger partial charge on any atom is 0.419 e. The van der Waals surface area contributed by atoms with Crippen LogP contribution in [0.2, 0.25) is 0 Å². The molecule has 0 atom stereocenters. The van der Waals surface area contributed by atoms with Crippen molar-refractivity contribution in [1.82, 2.24) is 9.88 Å². The Kier molecular flexibility index (Phi) is 6.68. The number of oxazole rings is 1. The van der Waals surface area contributed by atoms with Crippen LogP contribution in [0, 0.1) is 0 Å². The van der Waals surface area contributed by atoms with Crippen LogP contribution in [0.4, 0.5) is 0 Å². The summed E-state index contributed by atoms with van der Waals surface area (Å²) in [6.45, 7) is 1.73. The van der Waals surface area contributed by atoms with Crippen LogP contribution < -0.4 is 15.8 Å². The maximum absolute atomic E-state index is 11.9. The van der Waals surface area contributed by atoms with Crippen molar-refractivity contribution in [2.75, 3.05) is 13.2 Å². The molecule has 1 N–H and O–H groups in total. The molecule has 0 saturated heterocycles. The van der Waals surface area contributed by atoms with Crippen molar-refractivity contribution in [3.05, 3.63) is 65.1 Å². The molecule has 0 aliphatic carbocycles. The lowest BCUT2D eigenvalue weighted by molar-refractivity contribution is -0.121. The Labute approximate surface area is 157 Å². The molecular weight excluding hydrogens is 344 g/mol. The SMILES string of the molecule is O=C(CCCn1c(=O)oc2ccccc21)NCCCCOc1ccccc1. The number of hydrogen-bond acceptors (Lipinski definition) is 4. The summed E-state index contributed by atoms with van der Waals surface area (Å²) in [6.07, 6.45) is 2.72. The lowest BCUT2D eigenvalue weighted by Gasteiger charge is -2.07. The summed E-state index contributed by atoms with van der Waals surface area (Å²) in [7, 11) is 0. The molecule has 1 aromatic heterocycles. The van der Waals surface area contributed by atoms with Crippen LogP contribution in [0.1, 0.15) is 25.7 Å². The number of hydrogen-bond donors (Lipinski definition) is 1. The maximum atomic E-state index is 11.9. The van der Waals surface area contributed by atoms with Crippen molar-refractivity contribution in [1.29, 1.82) is 0 Å². The van der Waals surface area contributed by atoms with Crippen molar-refractivity contribution >= 4 is 17.0 Å². The first-order valence-electron chi connectivity index (χ1n) is 9.27. The molecule has 0 bridgehead atoms. The number of carbonyl (C=O) groups excluding carboxylic acids is 1. The van der Waals surface area contributed by atoms with Gasteiger partial charge in [0.05, 0.1) is 12.1 Å². The van der Waals surface area contributed by atoms with Gasteiger partial charge in [-0.2, -0.15) is 0 Å². The number of amides is 1. The van der Waals surface area contributed by atoms with Crippen LogP contribution in [0.15, 0.2) is 63.8 Å². The van der Waals surface area contributed by atoms with Gasteiger partial charge >= 0.3 is 5.76 Å². The van der Waals surface area contributed by atoms with E-state index in [-0.39, 0.29) is 11.7 Å². The average molecular weight is 368 g/mol.